The second kappa shape index (κ2) is 7.17. The Bertz CT molecular complexity index is 827. The highest BCUT2D eigenvalue weighted by Crippen LogP contribution is 2.30. The lowest BCUT2D eigenvalue weighted by atomic mass is 9.95. The minimum atomic E-state index is -0.703. The predicted octanol–water partition coefficient (Wildman–Crippen LogP) is 2.93. The first kappa shape index (κ1) is 17.8. The molecule has 0 radical (unpaired) electrons. The fourth-order valence-corrected chi connectivity index (χ4v) is 4.89. The summed E-state index contributed by atoms with van der Waals surface area (Å²) in [6.45, 7) is 3.94. The summed E-state index contributed by atoms with van der Waals surface area (Å²) in [7, 11) is 2.13. The average Bonchev–Trinajstić information content (AvgIpc) is 3.21. The first-order valence-corrected chi connectivity index (χ1v) is 9.80. The standard InChI is InChI=1S/C18H22F2N4OS/c1-23-6-4-13(10-23)24-5-2-3-11(9-24)17(25)22-18-21-16-14(20)7-12(19)8-15(16)26-18/h7-8,11,13H,2-6,9-10H2,1H3,(H,21,22,25)/t11-,13-/m0/s1. The molecule has 1 aromatic carbocycles. The maximum absolute atomic E-state index is 13.8. The van der Waals surface area contributed by atoms with E-state index in [0.29, 0.717) is 15.9 Å². The van der Waals surface area contributed by atoms with Crippen molar-refractivity contribution in [1.29, 1.82) is 0 Å². The molecule has 0 saturated carbocycles. The maximum Gasteiger partial charge on any atom is 0.230 e. The zero-order valence-corrected chi connectivity index (χ0v) is 15.5. The van der Waals surface area contributed by atoms with E-state index in [0.717, 1.165) is 62.8 Å². The van der Waals surface area contributed by atoms with Crippen molar-refractivity contribution in [3.05, 3.63) is 23.8 Å². The Morgan fingerprint density at radius 2 is 2.12 bits per heavy atom. The highest BCUT2D eigenvalue weighted by Gasteiger charge is 2.32. The van der Waals surface area contributed by atoms with Crippen LogP contribution in [0.2, 0.25) is 0 Å². The van der Waals surface area contributed by atoms with Gasteiger partial charge in [0.1, 0.15) is 11.3 Å². The van der Waals surface area contributed by atoms with E-state index in [1.807, 2.05) is 0 Å². The van der Waals surface area contributed by atoms with Crippen molar-refractivity contribution < 1.29 is 13.6 Å². The summed E-state index contributed by atoms with van der Waals surface area (Å²) in [5.74, 6) is -1.52. The van der Waals surface area contributed by atoms with E-state index in [9.17, 15) is 13.6 Å². The molecule has 2 fully saturated rings. The molecule has 2 aliphatic heterocycles. The van der Waals surface area contributed by atoms with Gasteiger partial charge in [0.15, 0.2) is 10.9 Å². The Labute approximate surface area is 155 Å². The number of nitrogens with zero attached hydrogens (tertiary/aromatic N) is 3. The topological polar surface area (TPSA) is 48.5 Å². The lowest BCUT2D eigenvalue weighted by Gasteiger charge is -2.36. The zero-order chi connectivity index (χ0) is 18.3. The van der Waals surface area contributed by atoms with Gasteiger partial charge in [-0.1, -0.05) is 11.3 Å². The Morgan fingerprint density at radius 3 is 2.88 bits per heavy atom. The number of thiazole rings is 1. The molecule has 2 atom stereocenters. The molecule has 1 aromatic heterocycles. The third-order valence-corrected chi connectivity index (χ3v) is 6.27. The van der Waals surface area contributed by atoms with E-state index in [4.69, 9.17) is 0 Å². The normalized spacial score (nSPS) is 25.0. The fourth-order valence-electron chi connectivity index (χ4n) is 3.98. The Hall–Kier alpha value is -1.64. The number of nitrogens with one attached hydrogen (secondary N) is 1. The van der Waals surface area contributed by atoms with Crippen molar-refractivity contribution in [3.63, 3.8) is 0 Å². The molecule has 4 rings (SSSR count). The van der Waals surface area contributed by atoms with Crippen LogP contribution >= 0.6 is 11.3 Å². The van der Waals surface area contributed by atoms with E-state index in [2.05, 4.69) is 27.1 Å². The SMILES string of the molecule is CN1CC[C@H](N2CCC[C@H](C(=O)Nc3nc4c(F)cc(F)cc4s3)C2)C1. The highest BCUT2D eigenvalue weighted by molar-refractivity contribution is 7.22. The number of halogens is 2. The van der Waals surface area contributed by atoms with E-state index in [1.54, 1.807) is 0 Å². The van der Waals surface area contributed by atoms with Gasteiger partial charge in [-0.15, -0.1) is 0 Å². The number of anilines is 1. The molecule has 0 bridgehead atoms. The molecule has 1 amide bonds. The number of likely N-dealkylation sites (tertiary alicyclic amines) is 2. The number of fused-ring (bicyclic) bond motifs is 1. The third kappa shape index (κ3) is 3.58. The van der Waals surface area contributed by atoms with Crippen LogP contribution in [-0.2, 0) is 4.79 Å². The summed E-state index contributed by atoms with van der Waals surface area (Å²) < 4.78 is 27.5. The smallest absolute Gasteiger partial charge is 0.230 e. The number of carbonyl (C=O) groups excluding carboxylic acids is 1. The van der Waals surface area contributed by atoms with Crippen molar-refractivity contribution in [1.82, 2.24) is 14.8 Å². The van der Waals surface area contributed by atoms with Gasteiger partial charge < -0.3 is 10.2 Å². The van der Waals surface area contributed by atoms with Crippen molar-refractivity contribution in [3.8, 4) is 0 Å². The van der Waals surface area contributed by atoms with Crippen LogP contribution in [-0.4, -0.2) is 60.0 Å². The van der Waals surface area contributed by atoms with Gasteiger partial charge in [-0.05, 0) is 45.5 Å². The molecule has 5 nitrogen and oxygen atoms in total. The van der Waals surface area contributed by atoms with Gasteiger partial charge in [0, 0.05) is 25.2 Å². The van der Waals surface area contributed by atoms with Gasteiger partial charge in [-0.3, -0.25) is 9.69 Å². The Balaban J connectivity index is 1.43. The van der Waals surface area contributed by atoms with E-state index in [-0.39, 0.29) is 17.3 Å². The monoisotopic (exact) mass is 380 g/mol. The summed E-state index contributed by atoms with van der Waals surface area (Å²) in [5, 5.41) is 3.14. The maximum atomic E-state index is 13.8. The summed E-state index contributed by atoms with van der Waals surface area (Å²) >= 11 is 1.10. The second-order valence-corrected chi connectivity index (χ2v) is 8.31. The number of benzene rings is 1. The molecule has 26 heavy (non-hydrogen) atoms. The quantitative estimate of drug-likeness (QED) is 0.890. The van der Waals surface area contributed by atoms with Crippen LogP contribution in [0, 0.1) is 17.6 Å². The Kier molecular flexibility index (Phi) is 4.90. The largest absolute Gasteiger partial charge is 0.305 e. The lowest BCUT2D eigenvalue weighted by molar-refractivity contribution is -0.121. The first-order valence-electron chi connectivity index (χ1n) is 8.98. The molecule has 8 heteroatoms. The molecule has 2 saturated heterocycles. The van der Waals surface area contributed by atoms with Crippen molar-refractivity contribution >= 4 is 32.6 Å². The van der Waals surface area contributed by atoms with Crippen LogP contribution in [0.3, 0.4) is 0 Å². The molecule has 0 aliphatic carbocycles. The molecule has 0 unspecified atom stereocenters. The van der Waals surface area contributed by atoms with Gasteiger partial charge in [0.05, 0.1) is 10.6 Å². The van der Waals surface area contributed by atoms with Gasteiger partial charge in [-0.25, -0.2) is 13.8 Å². The molecular formula is C18H22F2N4OS. The number of amides is 1. The number of hydrogen-bond acceptors (Lipinski definition) is 5. The number of piperidine rings is 1. The molecule has 2 aromatic rings. The predicted molar refractivity (Wildman–Crippen MR) is 98.4 cm³/mol. The van der Waals surface area contributed by atoms with Gasteiger partial charge in [-0.2, -0.15) is 0 Å². The van der Waals surface area contributed by atoms with E-state index < -0.39 is 11.6 Å². The van der Waals surface area contributed by atoms with Gasteiger partial charge >= 0.3 is 0 Å². The summed E-state index contributed by atoms with van der Waals surface area (Å²) in [5.41, 5.74) is 0.103. The van der Waals surface area contributed by atoms with Crippen molar-refractivity contribution in [2.75, 3.05) is 38.5 Å². The number of carbonyl (C=O) groups is 1. The molecule has 3 heterocycles. The molecule has 1 N–H and O–H groups in total. The van der Waals surface area contributed by atoms with Crippen molar-refractivity contribution in [2.45, 2.75) is 25.3 Å². The highest BCUT2D eigenvalue weighted by atomic mass is 32.1. The van der Waals surface area contributed by atoms with Crippen LogP contribution in [0.1, 0.15) is 19.3 Å². The van der Waals surface area contributed by atoms with Crippen LogP contribution in [0.4, 0.5) is 13.9 Å². The molecule has 2 aliphatic rings. The summed E-state index contributed by atoms with van der Waals surface area (Å²) in [6, 6.07) is 2.57. The first-order chi connectivity index (χ1) is 12.5. The number of hydrogen-bond donors (Lipinski definition) is 1. The van der Waals surface area contributed by atoms with Gasteiger partial charge in [0.25, 0.3) is 0 Å². The minimum Gasteiger partial charge on any atom is -0.305 e. The van der Waals surface area contributed by atoms with Crippen LogP contribution in [0.25, 0.3) is 10.2 Å². The summed E-state index contributed by atoms with van der Waals surface area (Å²) in [4.78, 5) is 21.5. The minimum absolute atomic E-state index is 0.0824. The van der Waals surface area contributed by atoms with Crippen molar-refractivity contribution in [2.24, 2.45) is 5.92 Å². The van der Waals surface area contributed by atoms with E-state index >= 15 is 0 Å². The average molecular weight is 380 g/mol. The number of rotatable bonds is 3. The second-order valence-electron chi connectivity index (χ2n) is 7.28. The summed E-state index contributed by atoms with van der Waals surface area (Å²) in [6.07, 6.45) is 2.99. The van der Waals surface area contributed by atoms with Crippen LogP contribution in [0.5, 0.6) is 0 Å². The number of aromatic nitrogens is 1. The lowest BCUT2D eigenvalue weighted by Crippen LogP contribution is -2.46. The molecular weight excluding hydrogens is 358 g/mol. The Morgan fingerprint density at radius 1 is 1.27 bits per heavy atom. The molecule has 0 spiro atoms. The van der Waals surface area contributed by atoms with Crippen LogP contribution in [0.15, 0.2) is 12.1 Å². The molecule has 140 valence electrons. The van der Waals surface area contributed by atoms with Gasteiger partial charge in [0.2, 0.25) is 5.91 Å². The van der Waals surface area contributed by atoms with Crippen LogP contribution < -0.4 is 5.32 Å². The third-order valence-electron chi connectivity index (χ3n) is 5.35. The zero-order valence-electron chi connectivity index (χ0n) is 14.7. The van der Waals surface area contributed by atoms with E-state index in [1.165, 1.54) is 6.07 Å². The number of likely N-dealkylation sites (N-methyl/N-ethyl adjacent to an activating group) is 1. The fraction of sp³-hybridized carbons (Fsp3) is 0.556.